The highest BCUT2D eigenvalue weighted by Gasteiger charge is 2.58. The van der Waals surface area contributed by atoms with Crippen molar-refractivity contribution in [2.75, 3.05) is 6.93 Å². The van der Waals surface area contributed by atoms with Crippen LogP contribution in [0.1, 0.15) is 0 Å². The van der Waals surface area contributed by atoms with E-state index in [4.69, 9.17) is 0 Å². The van der Waals surface area contributed by atoms with Crippen molar-refractivity contribution in [3.63, 3.8) is 0 Å². The first-order valence-electron chi connectivity index (χ1n) is 1.92. The van der Waals surface area contributed by atoms with E-state index >= 15 is 0 Å². The second-order valence-electron chi connectivity index (χ2n) is 1.10. The predicted octanol–water partition coefficient (Wildman–Crippen LogP) is 2.99. The summed E-state index contributed by atoms with van der Waals surface area (Å²) >= 11 is 0. The number of hydrogen-bond donors (Lipinski definition) is 0. The lowest BCUT2D eigenvalue weighted by molar-refractivity contribution is -0.339. The van der Waals surface area contributed by atoms with Crippen molar-refractivity contribution in [2.24, 2.45) is 0 Å². The zero-order valence-electron chi connectivity index (χ0n) is 4.73. The maximum Gasteiger partial charge on any atom is 0.487 e. The zero-order chi connectivity index (χ0) is 9.71. The molecular weight excluding hydrogens is 188 g/mol. The van der Waals surface area contributed by atoms with E-state index in [2.05, 4.69) is 0 Å². The van der Waals surface area contributed by atoms with Crippen LogP contribution < -0.4 is 0 Å². The minimum absolute atomic E-state index is 1.75. The highest BCUT2D eigenvalue weighted by Crippen LogP contribution is 2.35. The van der Waals surface area contributed by atoms with Crippen molar-refractivity contribution >= 4 is 0 Å². The van der Waals surface area contributed by atoms with Gasteiger partial charge in [-0.2, -0.15) is 26.3 Å². The minimum atomic E-state index is -6.06. The summed E-state index contributed by atoms with van der Waals surface area (Å²) in [5.74, 6) is 0. The lowest BCUT2D eigenvalue weighted by Crippen LogP contribution is -2.30. The van der Waals surface area contributed by atoms with Gasteiger partial charge in [0.25, 0.3) is 0 Å². The molecule has 0 nitrogen and oxygen atoms in total. The molecule has 0 saturated carbocycles. The van der Waals surface area contributed by atoms with Crippen molar-refractivity contribution in [3.8, 4) is 0 Å². The molecule has 0 aliphatic rings. The molecule has 0 aromatic carbocycles. The SMILES string of the molecule is FC(F)(F)C(F)(F)F.FCF. The molecule has 0 rings (SSSR count). The Balaban J connectivity index is 0. The van der Waals surface area contributed by atoms with Gasteiger partial charge in [-0.25, -0.2) is 8.78 Å². The topological polar surface area (TPSA) is 0 Å². The molecule has 70 valence electrons. The monoisotopic (exact) mass is 190 g/mol. The Labute approximate surface area is 55.8 Å². The van der Waals surface area contributed by atoms with Crippen LogP contribution in [0.5, 0.6) is 0 Å². The summed E-state index contributed by atoms with van der Waals surface area (Å²) in [6.07, 6.45) is -12.1. The Morgan fingerprint density at radius 1 is 0.636 bits per heavy atom. The van der Waals surface area contributed by atoms with Crippen molar-refractivity contribution in [3.05, 3.63) is 0 Å². The van der Waals surface area contributed by atoms with E-state index in [0.29, 0.717) is 0 Å². The van der Waals surface area contributed by atoms with E-state index in [9.17, 15) is 35.1 Å². The maximum absolute atomic E-state index is 10.4. The van der Waals surface area contributed by atoms with Crippen molar-refractivity contribution in [1.29, 1.82) is 0 Å². The van der Waals surface area contributed by atoms with Gasteiger partial charge in [-0.15, -0.1) is 0 Å². The molecule has 0 saturated heterocycles. The first-order chi connectivity index (χ1) is 4.66. The van der Waals surface area contributed by atoms with Gasteiger partial charge in [-0.3, -0.25) is 0 Å². The Morgan fingerprint density at radius 2 is 0.727 bits per heavy atom. The van der Waals surface area contributed by atoms with Gasteiger partial charge < -0.3 is 0 Å². The Hall–Kier alpha value is -0.560. The summed E-state index contributed by atoms with van der Waals surface area (Å²) in [4.78, 5) is 0. The van der Waals surface area contributed by atoms with Crippen LogP contribution in [0.2, 0.25) is 0 Å². The van der Waals surface area contributed by atoms with E-state index < -0.39 is 19.3 Å². The average molecular weight is 190 g/mol. The van der Waals surface area contributed by atoms with E-state index in [1.165, 1.54) is 0 Å². The van der Waals surface area contributed by atoms with Gasteiger partial charge in [0.15, 0.2) is 0 Å². The molecule has 0 aromatic heterocycles. The number of alkyl halides is 8. The second kappa shape index (κ2) is 4.35. The standard InChI is InChI=1S/C2F6.CH2F2/c3-1(4,5)2(6,7)8;2-1-3/h;1H2. The normalized spacial score (nSPS) is 12.0. The van der Waals surface area contributed by atoms with Crippen LogP contribution in [0.25, 0.3) is 0 Å². The first-order valence-corrected chi connectivity index (χ1v) is 1.92. The van der Waals surface area contributed by atoms with Crippen LogP contribution in [0.15, 0.2) is 0 Å². The fourth-order valence-corrected chi connectivity index (χ4v) is 0. The molecule has 0 N–H and O–H groups in total. The molecule has 0 unspecified atom stereocenters. The number of rotatable bonds is 0. The fraction of sp³-hybridized carbons (Fsp3) is 1.00. The van der Waals surface area contributed by atoms with Crippen molar-refractivity contribution in [2.45, 2.75) is 12.4 Å². The molecule has 0 aliphatic carbocycles. The van der Waals surface area contributed by atoms with E-state index in [1.807, 2.05) is 0 Å². The Morgan fingerprint density at radius 3 is 0.727 bits per heavy atom. The summed E-state index contributed by atoms with van der Waals surface area (Å²) in [6.45, 7) is -1.75. The number of hydrogen-bond acceptors (Lipinski definition) is 0. The fourth-order valence-electron chi connectivity index (χ4n) is 0. The molecule has 0 atom stereocenters. The third-order valence-electron chi connectivity index (χ3n) is 0.321. The number of halogens is 8. The van der Waals surface area contributed by atoms with Gasteiger partial charge in [0, 0.05) is 0 Å². The van der Waals surface area contributed by atoms with Crippen LogP contribution in [-0.2, 0) is 0 Å². The molecule has 0 spiro atoms. The molecule has 0 aromatic rings. The highest BCUT2D eigenvalue weighted by atomic mass is 19.5. The van der Waals surface area contributed by atoms with Crippen LogP contribution >= 0.6 is 0 Å². The minimum Gasteiger partial charge on any atom is -0.214 e. The third-order valence-corrected chi connectivity index (χ3v) is 0.321. The van der Waals surface area contributed by atoms with Crippen LogP contribution in [0, 0.1) is 0 Å². The molecule has 11 heavy (non-hydrogen) atoms. The summed E-state index contributed by atoms with van der Waals surface area (Å²) in [5, 5.41) is 0. The second-order valence-corrected chi connectivity index (χ2v) is 1.10. The molecule has 0 bridgehead atoms. The molecule has 0 radical (unpaired) electrons. The zero-order valence-corrected chi connectivity index (χ0v) is 4.73. The summed E-state index contributed by atoms with van der Waals surface area (Å²) in [6, 6.07) is 0. The quantitative estimate of drug-likeness (QED) is 0.515. The van der Waals surface area contributed by atoms with E-state index in [-0.39, 0.29) is 0 Å². The van der Waals surface area contributed by atoms with Gasteiger partial charge in [0.1, 0.15) is 0 Å². The van der Waals surface area contributed by atoms with E-state index in [1.54, 1.807) is 0 Å². The van der Waals surface area contributed by atoms with Gasteiger partial charge in [0.05, 0.1) is 0 Å². The third kappa shape index (κ3) is 7.34. The molecule has 0 heterocycles. The summed E-state index contributed by atoms with van der Waals surface area (Å²) < 4.78 is 81.9. The molecule has 8 heteroatoms. The molecule has 0 aliphatic heterocycles. The van der Waals surface area contributed by atoms with Crippen molar-refractivity contribution < 1.29 is 35.1 Å². The molecule has 0 fully saturated rings. The largest absolute Gasteiger partial charge is 0.487 e. The summed E-state index contributed by atoms with van der Waals surface area (Å²) in [5.41, 5.74) is 0. The lowest BCUT2D eigenvalue weighted by Gasteiger charge is -2.08. The van der Waals surface area contributed by atoms with Crippen LogP contribution in [-0.4, -0.2) is 19.3 Å². The highest BCUT2D eigenvalue weighted by molar-refractivity contribution is 4.59. The average Bonchev–Trinajstić information content (AvgIpc) is 1.60. The van der Waals surface area contributed by atoms with Gasteiger partial charge in [-0.1, -0.05) is 0 Å². The van der Waals surface area contributed by atoms with Crippen LogP contribution in [0.3, 0.4) is 0 Å². The van der Waals surface area contributed by atoms with Gasteiger partial charge in [-0.05, 0) is 0 Å². The van der Waals surface area contributed by atoms with Gasteiger partial charge >= 0.3 is 12.4 Å². The van der Waals surface area contributed by atoms with Crippen LogP contribution in [0.4, 0.5) is 35.1 Å². The first kappa shape index (κ1) is 13.1. The molecular formula is C3H2F8. The maximum atomic E-state index is 10.4. The molecule has 0 amide bonds. The Bertz CT molecular complexity index is 74.5. The Kier molecular flexibility index (Phi) is 5.16. The smallest absolute Gasteiger partial charge is 0.214 e. The lowest BCUT2D eigenvalue weighted by atomic mass is 10.7. The summed E-state index contributed by atoms with van der Waals surface area (Å²) in [7, 11) is 0. The van der Waals surface area contributed by atoms with Crippen molar-refractivity contribution in [1.82, 2.24) is 0 Å². The predicted molar refractivity (Wildman–Crippen MR) is 19.2 cm³/mol. The van der Waals surface area contributed by atoms with Gasteiger partial charge in [0.2, 0.25) is 6.93 Å². The van der Waals surface area contributed by atoms with E-state index in [0.717, 1.165) is 0 Å².